The highest BCUT2D eigenvalue weighted by atomic mass is 79.9. The van der Waals surface area contributed by atoms with Gasteiger partial charge in [0.15, 0.2) is 0 Å². The zero-order valence-electron chi connectivity index (χ0n) is 9.40. The van der Waals surface area contributed by atoms with E-state index in [0.717, 1.165) is 27.4 Å². The first-order valence-electron chi connectivity index (χ1n) is 5.25. The van der Waals surface area contributed by atoms with Crippen molar-refractivity contribution in [3.63, 3.8) is 0 Å². The molecule has 0 fully saturated rings. The number of hydrogen-bond acceptors (Lipinski definition) is 3. The topological polar surface area (TPSA) is 58.1 Å². The highest BCUT2D eigenvalue weighted by Gasteiger charge is 2.12. The molecule has 17 heavy (non-hydrogen) atoms. The lowest BCUT2D eigenvalue weighted by Crippen LogP contribution is -1.92. The van der Waals surface area contributed by atoms with Crippen molar-refractivity contribution in [2.45, 2.75) is 6.42 Å². The molecule has 0 radical (unpaired) electrons. The van der Waals surface area contributed by atoms with E-state index < -0.39 is 0 Å². The number of methoxy groups -OCH3 is 1. The summed E-state index contributed by atoms with van der Waals surface area (Å²) in [5.74, 6) is 1.50. The molecular formula is C12H13BrN2O2. The fourth-order valence-corrected chi connectivity index (χ4v) is 2.11. The van der Waals surface area contributed by atoms with Crippen LogP contribution in [-0.4, -0.2) is 28.8 Å². The molecule has 0 atom stereocenters. The summed E-state index contributed by atoms with van der Waals surface area (Å²) in [6.07, 6.45) is 0.544. The number of aliphatic hydroxyl groups is 1. The largest absolute Gasteiger partial charge is 0.496 e. The molecule has 4 nitrogen and oxygen atoms in total. The summed E-state index contributed by atoms with van der Waals surface area (Å²) in [7, 11) is 1.63. The van der Waals surface area contributed by atoms with Gasteiger partial charge in [0.05, 0.1) is 18.4 Å². The molecule has 0 aliphatic heterocycles. The van der Waals surface area contributed by atoms with Crippen molar-refractivity contribution in [3.8, 4) is 17.1 Å². The molecule has 0 amide bonds. The Labute approximate surface area is 108 Å². The van der Waals surface area contributed by atoms with Gasteiger partial charge in [-0.2, -0.15) is 0 Å². The van der Waals surface area contributed by atoms with Crippen LogP contribution in [0.2, 0.25) is 0 Å². The van der Waals surface area contributed by atoms with Gasteiger partial charge in [-0.15, -0.1) is 0 Å². The van der Waals surface area contributed by atoms with Gasteiger partial charge in [-0.25, -0.2) is 4.98 Å². The number of nitrogens with one attached hydrogen (secondary N) is 1. The van der Waals surface area contributed by atoms with Crippen LogP contribution in [0, 0.1) is 0 Å². The molecule has 0 aliphatic rings. The zero-order chi connectivity index (χ0) is 12.3. The fraction of sp³-hybridized carbons (Fsp3) is 0.250. The summed E-state index contributed by atoms with van der Waals surface area (Å²) in [5.41, 5.74) is 1.79. The van der Waals surface area contributed by atoms with Gasteiger partial charge >= 0.3 is 0 Å². The lowest BCUT2D eigenvalue weighted by atomic mass is 10.2. The Morgan fingerprint density at radius 3 is 2.88 bits per heavy atom. The second kappa shape index (κ2) is 5.33. The number of aromatic nitrogens is 2. The quantitative estimate of drug-likeness (QED) is 0.911. The van der Waals surface area contributed by atoms with Crippen LogP contribution in [0.15, 0.2) is 28.9 Å². The van der Waals surface area contributed by atoms with Crippen LogP contribution in [0.1, 0.15) is 5.69 Å². The molecule has 5 heteroatoms. The van der Waals surface area contributed by atoms with Crippen molar-refractivity contribution >= 4 is 15.9 Å². The van der Waals surface area contributed by atoms with E-state index in [-0.39, 0.29) is 6.61 Å². The van der Waals surface area contributed by atoms with Gasteiger partial charge in [0, 0.05) is 13.0 Å². The third-order valence-corrected chi connectivity index (χ3v) is 3.11. The van der Waals surface area contributed by atoms with Gasteiger partial charge in [-0.1, -0.05) is 12.1 Å². The molecule has 0 unspecified atom stereocenters. The molecule has 90 valence electrons. The molecule has 0 saturated heterocycles. The number of nitrogens with zero attached hydrogens (tertiary/aromatic N) is 1. The van der Waals surface area contributed by atoms with Gasteiger partial charge < -0.3 is 14.8 Å². The maximum Gasteiger partial charge on any atom is 0.142 e. The normalized spacial score (nSPS) is 10.5. The van der Waals surface area contributed by atoms with Crippen LogP contribution in [0.3, 0.4) is 0 Å². The number of halogens is 1. The lowest BCUT2D eigenvalue weighted by molar-refractivity contribution is 0.298. The molecule has 2 aromatic rings. The summed E-state index contributed by atoms with van der Waals surface area (Å²) in [6.45, 7) is 0.0894. The van der Waals surface area contributed by atoms with Crippen LogP contribution < -0.4 is 4.74 Å². The van der Waals surface area contributed by atoms with Gasteiger partial charge in [0.1, 0.15) is 16.2 Å². The number of imidazole rings is 1. The fourth-order valence-electron chi connectivity index (χ4n) is 1.63. The number of para-hydroxylation sites is 1. The third-order valence-electron chi connectivity index (χ3n) is 2.45. The first-order chi connectivity index (χ1) is 8.26. The minimum absolute atomic E-state index is 0.0894. The Bertz CT molecular complexity index is 511. The maximum absolute atomic E-state index is 8.93. The van der Waals surface area contributed by atoms with Crippen LogP contribution >= 0.6 is 15.9 Å². The molecule has 0 bridgehead atoms. The third kappa shape index (κ3) is 2.50. The predicted octanol–water partition coefficient (Wildman–Crippen LogP) is 2.38. The molecule has 0 aliphatic carbocycles. The highest BCUT2D eigenvalue weighted by molar-refractivity contribution is 9.10. The van der Waals surface area contributed by atoms with Crippen LogP contribution in [0.4, 0.5) is 0 Å². The molecule has 0 spiro atoms. The van der Waals surface area contributed by atoms with E-state index in [1.54, 1.807) is 7.11 Å². The lowest BCUT2D eigenvalue weighted by Gasteiger charge is -2.04. The van der Waals surface area contributed by atoms with Crippen molar-refractivity contribution in [2.75, 3.05) is 13.7 Å². The second-order valence-corrected chi connectivity index (χ2v) is 4.28. The maximum atomic E-state index is 8.93. The highest BCUT2D eigenvalue weighted by Crippen LogP contribution is 2.29. The molecule has 1 aromatic heterocycles. The van der Waals surface area contributed by atoms with Crippen LogP contribution in [0.5, 0.6) is 5.75 Å². The Hall–Kier alpha value is -1.33. The number of rotatable bonds is 4. The Morgan fingerprint density at radius 2 is 2.18 bits per heavy atom. The molecule has 1 aromatic carbocycles. The van der Waals surface area contributed by atoms with Gasteiger partial charge in [0.25, 0.3) is 0 Å². The summed E-state index contributed by atoms with van der Waals surface area (Å²) in [6, 6.07) is 7.67. The Morgan fingerprint density at radius 1 is 1.41 bits per heavy atom. The number of aromatic amines is 1. The van der Waals surface area contributed by atoms with Crippen molar-refractivity contribution in [1.29, 1.82) is 0 Å². The number of ether oxygens (including phenoxy) is 1. The standard InChI is InChI=1S/C12H13BrN2O2/c1-17-10-5-3-2-4-8(10)12-14-9(6-7-16)11(13)15-12/h2-5,16H,6-7H2,1H3,(H,14,15). The summed E-state index contributed by atoms with van der Waals surface area (Å²) >= 11 is 3.37. The first kappa shape index (κ1) is 12.1. The van der Waals surface area contributed by atoms with Crippen molar-refractivity contribution in [1.82, 2.24) is 9.97 Å². The summed E-state index contributed by atoms with van der Waals surface area (Å²) in [4.78, 5) is 7.55. The van der Waals surface area contributed by atoms with Crippen molar-refractivity contribution in [3.05, 3.63) is 34.6 Å². The SMILES string of the molecule is COc1ccccc1-c1nc(Br)c(CCO)[nH]1. The molecule has 2 N–H and O–H groups in total. The minimum atomic E-state index is 0.0894. The van der Waals surface area contributed by atoms with Crippen molar-refractivity contribution < 1.29 is 9.84 Å². The zero-order valence-corrected chi connectivity index (χ0v) is 11.0. The Kier molecular flexibility index (Phi) is 3.81. The van der Waals surface area contributed by atoms with E-state index in [1.165, 1.54) is 0 Å². The predicted molar refractivity (Wildman–Crippen MR) is 69.1 cm³/mol. The van der Waals surface area contributed by atoms with Crippen molar-refractivity contribution in [2.24, 2.45) is 0 Å². The Balaban J connectivity index is 2.42. The first-order valence-corrected chi connectivity index (χ1v) is 6.04. The van der Waals surface area contributed by atoms with E-state index in [2.05, 4.69) is 25.9 Å². The van der Waals surface area contributed by atoms with Crippen LogP contribution in [-0.2, 0) is 6.42 Å². The summed E-state index contributed by atoms with van der Waals surface area (Å²) < 4.78 is 6.01. The van der Waals surface area contributed by atoms with Crippen LogP contribution in [0.25, 0.3) is 11.4 Å². The van der Waals surface area contributed by atoms with Gasteiger partial charge in [-0.3, -0.25) is 0 Å². The molecule has 0 saturated carbocycles. The number of aliphatic hydroxyl groups excluding tert-OH is 1. The van der Waals surface area contributed by atoms with Gasteiger partial charge in [-0.05, 0) is 28.1 Å². The average molecular weight is 297 g/mol. The van der Waals surface area contributed by atoms with E-state index in [9.17, 15) is 0 Å². The smallest absolute Gasteiger partial charge is 0.142 e. The summed E-state index contributed by atoms with van der Waals surface area (Å²) in [5, 5.41) is 8.93. The van der Waals surface area contributed by atoms with Gasteiger partial charge in [0.2, 0.25) is 0 Å². The van der Waals surface area contributed by atoms with E-state index in [4.69, 9.17) is 9.84 Å². The van der Waals surface area contributed by atoms with E-state index in [0.29, 0.717) is 6.42 Å². The second-order valence-electron chi connectivity index (χ2n) is 3.53. The van der Waals surface area contributed by atoms with E-state index in [1.807, 2.05) is 24.3 Å². The monoisotopic (exact) mass is 296 g/mol. The average Bonchev–Trinajstić information content (AvgIpc) is 2.71. The molecule has 1 heterocycles. The molecule has 2 rings (SSSR count). The van der Waals surface area contributed by atoms with E-state index >= 15 is 0 Å². The molecular weight excluding hydrogens is 284 g/mol. The number of H-pyrrole nitrogens is 1. The number of benzene rings is 1. The minimum Gasteiger partial charge on any atom is -0.496 e. The number of hydrogen-bond donors (Lipinski definition) is 2.